The summed E-state index contributed by atoms with van der Waals surface area (Å²) in [5.41, 5.74) is 1.38. The molecule has 4 nitrogen and oxygen atoms in total. The van der Waals surface area contributed by atoms with E-state index >= 15 is 0 Å². The average Bonchev–Trinajstić information content (AvgIpc) is 2.49. The first-order valence-electron chi connectivity index (χ1n) is 6.01. The van der Waals surface area contributed by atoms with Gasteiger partial charge in [0.05, 0.1) is 5.52 Å². The normalized spacial score (nSPS) is 10.4. The molecule has 1 amide bonds. The zero-order valence-corrected chi connectivity index (χ0v) is 12.0. The fraction of sp³-hybridized carbons (Fsp3) is 0. The highest BCUT2D eigenvalue weighted by molar-refractivity contribution is 9.10. The summed E-state index contributed by atoms with van der Waals surface area (Å²) in [6, 6.07) is 12.7. The molecule has 2 heterocycles. The molecule has 0 fully saturated rings. The van der Waals surface area contributed by atoms with Crippen LogP contribution in [-0.4, -0.2) is 15.9 Å². The van der Waals surface area contributed by atoms with E-state index in [9.17, 15) is 4.79 Å². The number of aromatic nitrogens is 2. The van der Waals surface area contributed by atoms with Gasteiger partial charge in [-0.25, -0.2) is 4.98 Å². The minimum atomic E-state index is -0.196. The number of pyridine rings is 2. The van der Waals surface area contributed by atoms with E-state index in [1.165, 1.54) is 0 Å². The Morgan fingerprint density at radius 3 is 2.75 bits per heavy atom. The smallest absolute Gasteiger partial charge is 0.257 e. The zero-order chi connectivity index (χ0) is 13.9. The maximum Gasteiger partial charge on any atom is 0.257 e. The number of amides is 1. The number of fused-ring (bicyclic) bond motifs is 1. The summed E-state index contributed by atoms with van der Waals surface area (Å²) in [5, 5.41) is 3.60. The largest absolute Gasteiger partial charge is 0.307 e. The molecule has 0 saturated heterocycles. The van der Waals surface area contributed by atoms with Crippen LogP contribution in [0.5, 0.6) is 0 Å². The number of nitrogens with zero attached hydrogens (tertiary/aromatic N) is 2. The number of halogens is 1. The minimum Gasteiger partial charge on any atom is -0.307 e. The van der Waals surface area contributed by atoms with Crippen LogP contribution in [0.2, 0.25) is 0 Å². The third-order valence-corrected chi connectivity index (χ3v) is 3.33. The fourth-order valence-corrected chi connectivity index (χ4v) is 2.17. The van der Waals surface area contributed by atoms with Crippen molar-refractivity contribution in [3.05, 3.63) is 64.9 Å². The molecule has 0 aliphatic carbocycles. The molecule has 0 bridgehead atoms. The Morgan fingerprint density at radius 2 is 1.95 bits per heavy atom. The lowest BCUT2D eigenvalue weighted by molar-refractivity contribution is 0.102. The molecule has 0 radical (unpaired) electrons. The second-order valence-corrected chi connectivity index (χ2v) is 5.11. The van der Waals surface area contributed by atoms with Crippen LogP contribution in [0.1, 0.15) is 10.4 Å². The molecular weight excluding hydrogens is 318 g/mol. The van der Waals surface area contributed by atoms with Gasteiger partial charge in [-0.2, -0.15) is 0 Å². The highest BCUT2D eigenvalue weighted by Crippen LogP contribution is 2.18. The highest BCUT2D eigenvalue weighted by Gasteiger charge is 2.10. The number of hydrogen-bond acceptors (Lipinski definition) is 3. The van der Waals surface area contributed by atoms with Crippen LogP contribution in [0.15, 0.2) is 59.3 Å². The molecule has 0 spiro atoms. The molecular formula is C15H10BrN3O. The molecule has 0 aliphatic rings. The number of carbonyl (C=O) groups is 1. The van der Waals surface area contributed by atoms with Gasteiger partial charge in [0.25, 0.3) is 5.91 Å². The van der Waals surface area contributed by atoms with E-state index in [1.807, 2.05) is 30.3 Å². The van der Waals surface area contributed by atoms with Crippen LogP contribution in [0, 0.1) is 0 Å². The SMILES string of the molecule is O=C(Nc1ccc(Br)cn1)c1cccc2ncccc12. The molecule has 98 valence electrons. The standard InChI is InChI=1S/C15H10BrN3O/c16-10-6-7-14(18-9-10)19-15(20)12-3-1-5-13-11(12)4-2-8-17-13/h1-9H,(H,18,19,20). The van der Waals surface area contributed by atoms with Crippen LogP contribution >= 0.6 is 15.9 Å². The highest BCUT2D eigenvalue weighted by atomic mass is 79.9. The quantitative estimate of drug-likeness (QED) is 0.781. The van der Waals surface area contributed by atoms with Gasteiger partial charge >= 0.3 is 0 Å². The summed E-state index contributed by atoms with van der Waals surface area (Å²) in [4.78, 5) is 20.7. The van der Waals surface area contributed by atoms with Gasteiger partial charge in [-0.15, -0.1) is 0 Å². The van der Waals surface area contributed by atoms with Crippen molar-refractivity contribution in [1.29, 1.82) is 0 Å². The first kappa shape index (κ1) is 12.7. The van der Waals surface area contributed by atoms with Gasteiger partial charge in [0.15, 0.2) is 0 Å². The van der Waals surface area contributed by atoms with Gasteiger partial charge in [0.1, 0.15) is 5.82 Å². The van der Waals surface area contributed by atoms with E-state index < -0.39 is 0 Å². The molecule has 1 aromatic carbocycles. The van der Waals surface area contributed by atoms with Crippen molar-refractivity contribution >= 4 is 38.6 Å². The zero-order valence-electron chi connectivity index (χ0n) is 10.4. The van der Waals surface area contributed by atoms with E-state index in [0.717, 1.165) is 15.4 Å². The van der Waals surface area contributed by atoms with Crippen LogP contribution in [-0.2, 0) is 0 Å². The van der Waals surface area contributed by atoms with Crippen LogP contribution in [0.3, 0.4) is 0 Å². The lowest BCUT2D eigenvalue weighted by atomic mass is 10.1. The summed E-state index contributed by atoms with van der Waals surface area (Å²) >= 11 is 3.31. The molecule has 5 heteroatoms. The Kier molecular flexibility index (Phi) is 3.43. The van der Waals surface area contributed by atoms with Crippen LogP contribution in [0.25, 0.3) is 10.9 Å². The second-order valence-electron chi connectivity index (χ2n) is 4.19. The molecule has 0 atom stereocenters. The Morgan fingerprint density at radius 1 is 1.05 bits per heavy atom. The van der Waals surface area contributed by atoms with Gasteiger partial charge in [0, 0.05) is 27.8 Å². The summed E-state index contributed by atoms with van der Waals surface area (Å²) in [7, 11) is 0. The number of benzene rings is 1. The monoisotopic (exact) mass is 327 g/mol. The Labute approximate surface area is 124 Å². The number of rotatable bonds is 2. The van der Waals surface area contributed by atoms with E-state index in [-0.39, 0.29) is 5.91 Å². The van der Waals surface area contributed by atoms with Gasteiger partial charge in [-0.05, 0) is 46.3 Å². The van der Waals surface area contributed by atoms with Crippen molar-refractivity contribution in [2.45, 2.75) is 0 Å². The van der Waals surface area contributed by atoms with Gasteiger partial charge in [-0.3, -0.25) is 9.78 Å². The Balaban J connectivity index is 1.94. The van der Waals surface area contributed by atoms with Crippen molar-refractivity contribution < 1.29 is 4.79 Å². The third kappa shape index (κ3) is 2.53. The van der Waals surface area contributed by atoms with Crippen LogP contribution < -0.4 is 5.32 Å². The first-order valence-corrected chi connectivity index (χ1v) is 6.80. The molecule has 0 unspecified atom stereocenters. The van der Waals surface area contributed by atoms with Crippen molar-refractivity contribution in [3.63, 3.8) is 0 Å². The molecule has 1 N–H and O–H groups in total. The Hall–Kier alpha value is -2.27. The second kappa shape index (κ2) is 5.38. The third-order valence-electron chi connectivity index (χ3n) is 2.86. The predicted octanol–water partition coefficient (Wildman–Crippen LogP) is 3.64. The number of anilines is 1. The van der Waals surface area contributed by atoms with Crippen molar-refractivity contribution in [2.24, 2.45) is 0 Å². The molecule has 20 heavy (non-hydrogen) atoms. The molecule has 3 aromatic rings. The lowest BCUT2D eigenvalue weighted by Crippen LogP contribution is -2.13. The minimum absolute atomic E-state index is 0.196. The van der Waals surface area contributed by atoms with Crippen LogP contribution in [0.4, 0.5) is 5.82 Å². The fourth-order valence-electron chi connectivity index (χ4n) is 1.93. The predicted molar refractivity (Wildman–Crippen MR) is 81.6 cm³/mol. The summed E-state index contributed by atoms with van der Waals surface area (Å²) in [6.45, 7) is 0. The summed E-state index contributed by atoms with van der Waals surface area (Å²) in [5.74, 6) is 0.317. The number of hydrogen-bond donors (Lipinski definition) is 1. The molecule has 2 aromatic heterocycles. The Bertz CT molecular complexity index is 766. The van der Waals surface area contributed by atoms with Gasteiger partial charge < -0.3 is 5.32 Å². The van der Waals surface area contributed by atoms with Crippen molar-refractivity contribution in [2.75, 3.05) is 5.32 Å². The van der Waals surface area contributed by atoms with Gasteiger partial charge in [0.2, 0.25) is 0 Å². The van der Waals surface area contributed by atoms with E-state index in [4.69, 9.17) is 0 Å². The summed E-state index contributed by atoms with van der Waals surface area (Å²) < 4.78 is 0.866. The topological polar surface area (TPSA) is 54.9 Å². The van der Waals surface area contributed by atoms with E-state index in [0.29, 0.717) is 11.4 Å². The first-order chi connectivity index (χ1) is 9.74. The van der Waals surface area contributed by atoms with E-state index in [2.05, 4.69) is 31.2 Å². The molecule has 3 rings (SSSR count). The average molecular weight is 328 g/mol. The van der Waals surface area contributed by atoms with Crippen molar-refractivity contribution in [3.8, 4) is 0 Å². The van der Waals surface area contributed by atoms with E-state index in [1.54, 1.807) is 24.5 Å². The number of carbonyl (C=O) groups excluding carboxylic acids is 1. The molecule has 0 aliphatic heterocycles. The lowest BCUT2D eigenvalue weighted by Gasteiger charge is -2.07. The molecule has 0 saturated carbocycles. The maximum atomic E-state index is 12.3. The van der Waals surface area contributed by atoms with Crippen molar-refractivity contribution in [1.82, 2.24) is 9.97 Å². The maximum absolute atomic E-state index is 12.3. The number of nitrogens with one attached hydrogen (secondary N) is 1. The summed E-state index contributed by atoms with van der Waals surface area (Å²) in [6.07, 6.45) is 3.35. The van der Waals surface area contributed by atoms with Gasteiger partial charge in [-0.1, -0.05) is 12.1 Å².